The number of fused-ring (bicyclic) bond motifs is 1. The first kappa shape index (κ1) is 21.4. The molecule has 0 saturated carbocycles. The Balaban J connectivity index is 1.55. The van der Waals surface area contributed by atoms with Crippen LogP contribution in [0.4, 0.5) is 0 Å². The molecule has 8 heteroatoms. The average molecular weight is 458 g/mol. The van der Waals surface area contributed by atoms with Crippen LogP contribution in [0.2, 0.25) is 0 Å². The molecule has 0 bridgehead atoms. The molecule has 1 aliphatic rings. The molecule has 0 unspecified atom stereocenters. The molecule has 1 aliphatic heterocycles. The fourth-order valence-electron chi connectivity index (χ4n) is 4.18. The van der Waals surface area contributed by atoms with Gasteiger partial charge in [-0.3, -0.25) is 9.36 Å². The van der Waals surface area contributed by atoms with Crippen molar-refractivity contribution < 1.29 is 4.74 Å². The van der Waals surface area contributed by atoms with Crippen molar-refractivity contribution in [2.24, 2.45) is 0 Å². The predicted octanol–water partition coefficient (Wildman–Crippen LogP) is 4.23. The predicted molar refractivity (Wildman–Crippen MR) is 128 cm³/mol. The second-order valence-electron chi connectivity index (χ2n) is 8.02. The average Bonchev–Trinajstić information content (AvgIpc) is 3.47. The Morgan fingerprint density at radius 2 is 1.97 bits per heavy atom. The van der Waals surface area contributed by atoms with E-state index in [9.17, 15) is 10.1 Å². The van der Waals surface area contributed by atoms with Crippen molar-refractivity contribution >= 4 is 22.7 Å². The van der Waals surface area contributed by atoms with Gasteiger partial charge in [0.1, 0.15) is 6.07 Å². The van der Waals surface area contributed by atoms with Gasteiger partial charge in [-0.25, -0.2) is 9.67 Å². The molecular formula is C25H23N5O2S. The van der Waals surface area contributed by atoms with E-state index in [0.29, 0.717) is 39.6 Å². The molecule has 1 fully saturated rings. The summed E-state index contributed by atoms with van der Waals surface area (Å²) < 4.78 is 9.34. The van der Waals surface area contributed by atoms with Gasteiger partial charge in [-0.2, -0.15) is 10.4 Å². The number of ether oxygens (including phenoxy) is 1. The molecule has 4 aromatic rings. The van der Waals surface area contributed by atoms with Gasteiger partial charge in [0.15, 0.2) is 5.16 Å². The minimum absolute atomic E-state index is 0.0109. The van der Waals surface area contributed by atoms with Crippen LogP contribution in [-0.4, -0.2) is 32.0 Å². The maximum Gasteiger partial charge on any atom is 0.262 e. The molecule has 0 N–H and O–H groups in total. The van der Waals surface area contributed by atoms with Gasteiger partial charge in [0.05, 0.1) is 46.2 Å². The first-order valence-corrected chi connectivity index (χ1v) is 11.9. The van der Waals surface area contributed by atoms with Crippen molar-refractivity contribution in [2.45, 2.75) is 43.3 Å². The van der Waals surface area contributed by atoms with Crippen molar-refractivity contribution in [3.63, 3.8) is 0 Å². The largest absolute Gasteiger partial charge is 0.376 e. The number of para-hydroxylation sites is 2. The van der Waals surface area contributed by atoms with Crippen molar-refractivity contribution in [3.8, 4) is 11.8 Å². The number of hydrogen-bond donors (Lipinski definition) is 0. The van der Waals surface area contributed by atoms with Crippen LogP contribution in [-0.2, 0) is 17.0 Å². The summed E-state index contributed by atoms with van der Waals surface area (Å²) in [6, 6.07) is 19.5. The first-order valence-electron chi connectivity index (χ1n) is 10.9. The number of thioether (sulfide) groups is 1. The Kier molecular flexibility index (Phi) is 5.99. The van der Waals surface area contributed by atoms with E-state index in [2.05, 4.69) is 11.2 Å². The van der Waals surface area contributed by atoms with Gasteiger partial charge in [-0.15, -0.1) is 0 Å². The lowest BCUT2D eigenvalue weighted by atomic mass is 10.2. The zero-order valence-corrected chi connectivity index (χ0v) is 19.1. The van der Waals surface area contributed by atoms with E-state index in [4.69, 9.17) is 9.72 Å². The lowest BCUT2D eigenvalue weighted by Gasteiger charge is -2.16. The fraction of sp³-hybridized carbons (Fsp3) is 0.280. The fourth-order valence-corrected chi connectivity index (χ4v) is 5.19. The number of nitrogens with zero attached hydrogens (tertiary/aromatic N) is 5. The molecular weight excluding hydrogens is 434 g/mol. The molecule has 1 atom stereocenters. The summed E-state index contributed by atoms with van der Waals surface area (Å²) in [6.45, 7) is 3.04. The zero-order valence-electron chi connectivity index (χ0n) is 18.3. The third-order valence-electron chi connectivity index (χ3n) is 5.84. The summed E-state index contributed by atoms with van der Waals surface area (Å²) in [5.41, 5.74) is 3.52. The first-order chi connectivity index (χ1) is 16.2. The molecule has 166 valence electrons. The van der Waals surface area contributed by atoms with E-state index >= 15 is 0 Å². The van der Waals surface area contributed by atoms with E-state index < -0.39 is 0 Å². The molecule has 0 radical (unpaired) electrons. The van der Waals surface area contributed by atoms with Crippen LogP contribution in [0.3, 0.4) is 0 Å². The quantitative estimate of drug-likeness (QED) is 0.318. The summed E-state index contributed by atoms with van der Waals surface area (Å²) >= 11 is 1.45. The van der Waals surface area contributed by atoms with Gasteiger partial charge in [0, 0.05) is 12.4 Å². The summed E-state index contributed by atoms with van der Waals surface area (Å²) in [5, 5.41) is 15.6. The Labute approximate surface area is 195 Å². The molecule has 0 spiro atoms. The third-order valence-corrected chi connectivity index (χ3v) is 6.83. The smallest absolute Gasteiger partial charge is 0.262 e. The van der Waals surface area contributed by atoms with Crippen LogP contribution >= 0.6 is 11.8 Å². The van der Waals surface area contributed by atoms with Gasteiger partial charge < -0.3 is 4.74 Å². The maximum absolute atomic E-state index is 13.3. The Morgan fingerprint density at radius 3 is 2.73 bits per heavy atom. The molecule has 33 heavy (non-hydrogen) atoms. The van der Waals surface area contributed by atoms with Crippen molar-refractivity contribution in [1.82, 2.24) is 19.3 Å². The molecule has 2 aromatic heterocycles. The maximum atomic E-state index is 13.3. The molecule has 5 rings (SSSR count). The second-order valence-corrected chi connectivity index (χ2v) is 8.96. The lowest BCUT2D eigenvalue weighted by Crippen LogP contribution is -2.28. The van der Waals surface area contributed by atoms with Crippen molar-refractivity contribution in [3.05, 3.63) is 81.9 Å². The van der Waals surface area contributed by atoms with Gasteiger partial charge in [0.2, 0.25) is 0 Å². The molecule has 0 amide bonds. The van der Waals surface area contributed by atoms with Gasteiger partial charge >= 0.3 is 0 Å². The van der Waals surface area contributed by atoms with Gasteiger partial charge in [0.25, 0.3) is 5.56 Å². The Bertz CT molecular complexity index is 1400. The lowest BCUT2D eigenvalue weighted by molar-refractivity contribution is 0.0937. The zero-order chi connectivity index (χ0) is 22.8. The summed E-state index contributed by atoms with van der Waals surface area (Å²) in [7, 11) is 0. The molecule has 1 saturated heterocycles. The molecule has 3 heterocycles. The van der Waals surface area contributed by atoms with E-state index in [1.165, 1.54) is 11.8 Å². The van der Waals surface area contributed by atoms with Gasteiger partial charge in [-0.05, 0) is 44.0 Å². The summed E-state index contributed by atoms with van der Waals surface area (Å²) in [4.78, 5) is 18.2. The number of rotatable bonds is 6. The minimum atomic E-state index is -0.0631. The van der Waals surface area contributed by atoms with E-state index in [0.717, 1.165) is 30.8 Å². The summed E-state index contributed by atoms with van der Waals surface area (Å²) in [5.74, 6) is 0.453. The second kappa shape index (κ2) is 9.22. The van der Waals surface area contributed by atoms with E-state index in [-0.39, 0.29) is 11.7 Å². The normalized spacial score (nSPS) is 15.7. The number of hydrogen-bond acceptors (Lipinski definition) is 6. The Morgan fingerprint density at radius 1 is 1.18 bits per heavy atom. The monoisotopic (exact) mass is 457 g/mol. The van der Waals surface area contributed by atoms with Crippen LogP contribution < -0.4 is 5.56 Å². The highest BCUT2D eigenvalue weighted by atomic mass is 32.2. The van der Waals surface area contributed by atoms with Crippen LogP contribution in [0.15, 0.2) is 64.5 Å². The van der Waals surface area contributed by atoms with E-state index in [1.807, 2.05) is 66.2 Å². The highest BCUT2D eigenvalue weighted by Gasteiger charge is 2.22. The number of benzene rings is 2. The highest BCUT2D eigenvalue weighted by Crippen LogP contribution is 2.28. The van der Waals surface area contributed by atoms with Gasteiger partial charge in [-0.1, -0.05) is 42.1 Å². The highest BCUT2D eigenvalue weighted by molar-refractivity contribution is 7.98. The molecule has 7 nitrogen and oxygen atoms in total. The van der Waals surface area contributed by atoms with Crippen LogP contribution in [0.5, 0.6) is 0 Å². The molecule has 0 aliphatic carbocycles. The number of aryl methyl sites for hydroxylation is 1. The van der Waals surface area contributed by atoms with Crippen LogP contribution in [0.25, 0.3) is 16.6 Å². The van der Waals surface area contributed by atoms with Crippen LogP contribution in [0, 0.1) is 18.3 Å². The molecule has 2 aromatic carbocycles. The Hall–Kier alpha value is -3.41. The third kappa shape index (κ3) is 4.17. The van der Waals surface area contributed by atoms with Crippen molar-refractivity contribution in [1.29, 1.82) is 5.26 Å². The number of aromatic nitrogens is 4. The van der Waals surface area contributed by atoms with Crippen LogP contribution in [0.1, 0.15) is 29.8 Å². The number of nitriles is 1. The van der Waals surface area contributed by atoms with E-state index in [1.54, 1.807) is 4.57 Å². The minimum Gasteiger partial charge on any atom is -0.376 e. The SMILES string of the molecule is Cc1nn(-c2ccccc2)c(CSc2nc3ccccc3c(=O)n2C[C@H]2CCCO2)c1C#N. The standard InChI is InChI=1S/C25H23N5O2S/c1-17-21(14-26)23(30(28-17)18-8-3-2-4-9-18)16-33-25-27-22-12-6-5-11-20(22)24(31)29(25)15-19-10-7-13-32-19/h2-6,8-9,11-12,19H,7,10,13,15-16H2,1H3/t19-/m1/s1. The summed E-state index contributed by atoms with van der Waals surface area (Å²) in [6.07, 6.45) is 1.95. The van der Waals surface area contributed by atoms with Crippen molar-refractivity contribution in [2.75, 3.05) is 6.61 Å². The topological polar surface area (TPSA) is 85.7 Å².